The summed E-state index contributed by atoms with van der Waals surface area (Å²) < 4.78 is 0. The minimum absolute atomic E-state index is 0. The second kappa shape index (κ2) is 4.97. The third kappa shape index (κ3) is 3.39. The summed E-state index contributed by atoms with van der Waals surface area (Å²) in [5.74, 6) is 0. The van der Waals surface area contributed by atoms with Crippen molar-refractivity contribution in [2.75, 3.05) is 0 Å². The molecule has 0 saturated heterocycles. The molecular formula is C11H19NaSi. The maximum Gasteiger partial charge on any atom is 1.00 e. The van der Waals surface area contributed by atoms with Gasteiger partial charge < -0.3 is 0 Å². The van der Waals surface area contributed by atoms with Gasteiger partial charge in [0.2, 0.25) is 0 Å². The first-order chi connectivity index (χ1) is 5.43. The van der Waals surface area contributed by atoms with Crippen molar-refractivity contribution in [2.24, 2.45) is 5.41 Å². The Balaban J connectivity index is 0.00000144. The van der Waals surface area contributed by atoms with Crippen LogP contribution in [0.4, 0.5) is 0 Å². The smallest absolute Gasteiger partial charge is 0.274 e. The first kappa shape index (κ1) is 13.7. The molecule has 0 fully saturated rings. The Kier molecular flexibility index (Phi) is 5.24. The Hall–Kier alpha value is 0.697. The zero-order valence-electron chi connectivity index (χ0n) is 9.86. The Labute approximate surface area is 106 Å². The van der Waals surface area contributed by atoms with E-state index in [1.54, 1.807) is 10.8 Å². The molecule has 0 atom stereocenters. The molecule has 1 aliphatic carbocycles. The molecule has 13 heavy (non-hydrogen) atoms. The number of rotatable bonds is 1. The summed E-state index contributed by atoms with van der Waals surface area (Å²) in [6.07, 6.45) is 6.90. The van der Waals surface area contributed by atoms with E-state index >= 15 is 0 Å². The first-order valence-corrected chi connectivity index (χ1v) is 7.63. The molecule has 0 radical (unpaired) electrons. The molecule has 2 heteroatoms. The molecule has 0 aromatic rings. The van der Waals surface area contributed by atoms with Crippen LogP contribution in [-0.2, 0) is 0 Å². The van der Waals surface area contributed by atoms with Crippen LogP contribution in [0.5, 0.6) is 0 Å². The predicted molar refractivity (Wildman–Crippen MR) is 57.8 cm³/mol. The fourth-order valence-electron chi connectivity index (χ4n) is 1.69. The van der Waals surface area contributed by atoms with E-state index < -0.39 is 8.80 Å². The fourth-order valence-corrected chi connectivity index (χ4v) is 3.39. The summed E-state index contributed by atoms with van der Waals surface area (Å²) in [6.45, 7) is 11.6. The SMILES string of the molecule is C[SiH](C)C1=[C-]CC=C1C(C)(C)C.[Na+]. The summed E-state index contributed by atoms with van der Waals surface area (Å²) in [5, 5.41) is 1.57. The van der Waals surface area contributed by atoms with Crippen molar-refractivity contribution in [3.05, 3.63) is 22.9 Å². The van der Waals surface area contributed by atoms with Gasteiger partial charge in [0, 0.05) is 8.80 Å². The summed E-state index contributed by atoms with van der Waals surface area (Å²) in [7, 11) is -0.643. The van der Waals surface area contributed by atoms with E-state index in [0.717, 1.165) is 6.42 Å². The average Bonchev–Trinajstić information content (AvgIpc) is 2.30. The molecule has 0 nitrogen and oxygen atoms in total. The molecule has 68 valence electrons. The van der Waals surface area contributed by atoms with Gasteiger partial charge in [-0.05, 0) is 0 Å². The van der Waals surface area contributed by atoms with Crippen molar-refractivity contribution < 1.29 is 29.6 Å². The minimum Gasteiger partial charge on any atom is -0.274 e. The third-order valence-corrected chi connectivity index (χ3v) is 3.94. The molecule has 0 saturated carbocycles. The monoisotopic (exact) mass is 202 g/mol. The van der Waals surface area contributed by atoms with Gasteiger partial charge in [-0.2, -0.15) is 11.6 Å². The summed E-state index contributed by atoms with van der Waals surface area (Å²) >= 11 is 0. The normalized spacial score (nSPS) is 16.8. The van der Waals surface area contributed by atoms with Gasteiger partial charge in [-0.1, -0.05) is 39.3 Å². The summed E-state index contributed by atoms with van der Waals surface area (Å²) in [5.41, 5.74) is 1.89. The van der Waals surface area contributed by atoms with Crippen molar-refractivity contribution in [2.45, 2.75) is 40.3 Å². The van der Waals surface area contributed by atoms with Crippen molar-refractivity contribution in [3.8, 4) is 0 Å². The van der Waals surface area contributed by atoms with E-state index in [2.05, 4.69) is 46.0 Å². The Morgan fingerprint density at radius 2 is 1.85 bits per heavy atom. The van der Waals surface area contributed by atoms with Gasteiger partial charge in [-0.15, -0.1) is 6.42 Å². The van der Waals surface area contributed by atoms with Crippen LogP contribution in [0, 0.1) is 11.5 Å². The van der Waals surface area contributed by atoms with Gasteiger partial charge in [-0.3, -0.25) is 6.08 Å². The van der Waals surface area contributed by atoms with Gasteiger partial charge in [0.15, 0.2) is 0 Å². The topological polar surface area (TPSA) is 0 Å². The Morgan fingerprint density at radius 1 is 1.31 bits per heavy atom. The summed E-state index contributed by atoms with van der Waals surface area (Å²) in [6, 6.07) is 0. The largest absolute Gasteiger partial charge is 1.00 e. The molecular weight excluding hydrogens is 183 g/mol. The van der Waals surface area contributed by atoms with Crippen LogP contribution in [0.3, 0.4) is 0 Å². The molecule has 0 N–H and O–H groups in total. The molecule has 0 spiro atoms. The zero-order chi connectivity index (χ0) is 9.35. The van der Waals surface area contributed by atoms with Crippen LogP contribution in [0.2, 0.25) is 13.1 Å². The molecule has 1 aliphatic rings. The van der Waals surface area contributed by atoms with E-state index in [-0.39, 0.29) is 29.6 Å². The van der Waals surface area contributed by atoms with E-state index in [9.17, 15) is 0 Å². The standard InChI is InChI=1S/C11H19Si.Na/c1-11(2,3)9-7-6-8-10(9)12(4)5;/h7,12H,6H2,1-5H3;/q-1;+1. The number of allylic oxidation sites excluding steroid dienone is 4. The third-order valence-electron chi connectivity index (χ3n) is 2.27. The Morgan fingerprint density at radius 3 is 2.15 bits per heavy atom. The molecule has 1 rings (SSSR count). The molecule has 0 amide bonds. The minimum atomic E-state index is -0.643. The zero-order valence-corrected chi connectivity index (χ0v) is 13.0. The van der Waals surface area contributed by atoms with Crippen molar-refractivity contribution in [1.29, 1.82) is 0 Å². The van der Waals surface area contributed by atoms with Crippen LogP contribution >= 0.6 is 0 Å². The van der Waals surface area contributed by atoms with Gasteiger partial charge in [-0.25, -0.2) is 5.20 Å². The fraction of sp³-hybridized carbons (Fsp3) is 0.636. The van der Waals surface area contributed by atoms with Crippen LogP contribution < -0.4 is 29.6 Å². The number of hydrogen-bond acceptors (Lipinski definition) is 0. The second-order valence-corrected chi connectivity index (χ2v) is 7.70. The van der Waals surface area contributed by atoms with Gasteiger partial charge >= 0.3 is 29.6 Å². The van der Waals surface area contributed by atoms with Crippen molar-refractivity contribution in [1.82, 2.24) is 0 Å². The summed E-state index contributed by atoms with van der Waals surface area (Å²) in [4.78, 5) is 0. The van der Waals surface area contributed by atoms with Gasteiger partial charge in [0.25, 0.3) is 0 Å². The number of hydrogen-bond donors (Lipinski definition) is 0. The maximum absolute atomic E-state index is 3.50. The van der Waals surface area contributed by atoms with Crippen LogP contribution in [-0.4, -0.2) is 8.80 Å². The molecule has 0 aromatic heterocycles. The van der Waals surface area contributed by atoms with E-state index in [1.807, 2.05) is 0 Å². The van der Waals surface area contributed by atoms with E-state index in [1.165, 1.54) is 0 Å². The average molecular weight is 202 g/mol. The molecule has 0 bridgehead atoms. The van der Waals surface area contributed by atoms with Crippen molar-refractivity contribution in [3.63, 3.8) is 0 Å². The first-order valence-electron chi connectivity index (χ1n) is 4.74. The van der Waals surface area contributed by atoms with E-state index in [4.69, 9.17) is 0 Å². The van der Waals surface area contributed by atoms with Crippen LogP contribution in [0.25, 0.3) is 0 Å². The molecule has 0 aromatic carbocycles. The van der Waals surface area contributed by atoms with Crippen LogP contribution in [0.15, 0.2) is 16.8 Å². The van der Waals surface area contributed by atoms with Gasteiger partial charge in [0.1, 0.15) is 0 Å². The second-order valence-electron chi connectivity index (χ2n) is 4.82. The molecule has 0 heterocycles. The molecule has 0 aliphatic heterocycles. The molecule has 0 unspecified atom stereocenters. The quantitative estimate of drug-likeness (QED) is 0.419. The van der Waals surface area contributed by atoms with Crippen LogP contribution in [0.1, 0.15) is 27.2 Å². The maximum atomic E-state index is 3.50. The predicted octanol–water partition coefficient (Wildman–Crippen LogP) is 0.122. The van der Waals surface area contributed by atoms with E-state index in [0.29, 0.717) is 5.41 Å². The van der Waals surface area contributed by atoms with Crippen molar-refractivity contribution >= 4 is 8.80 Å². The Bertz CT molecular complexity index is 231. The van der Waals surface area contributed by atoms with Gasteiger partial charge in [0.05, 0.1) is 0 Å².